The Bertz CT molecular complexity index is 2010. The van der Waals surface area contributed by atoms with Crippen LogP contribution in [0.3, 0.4) is 0 Å². The summed E-state index contributed by atoms with van der Waals surface area (Å²) in [5, 5.41) is 0. The second kappa shape index (κ2) is 13.6. The van der Waals surface area contributed by atoms with Gasteiger partial charge in [-0.1, -0.05) is 87.5 Å². The largest absolute Gasteiger partial charge is 0.473 e. The van der Waals surface area contributed by atoms with Crippen LogP contribution in [-0.2, 0) is 18.0 Å². The molecule has 0 aliphatic carbocycles. The van der Waals surface area contributed by atoms with Gasteiger partial charge in [0.05, 0.1) is 11.0 Å². The molecule has 5 aromatic rings. The molecular formula is C40H42N4O4. The summed E-state index contributed by atoms with van der Waals surface area (Å²) in [5.74, 6) is 0.761. The summed E-state index contributed by atoms with van der Waals surface area (Å²) in [7, 11) is 0. The third kappa shape index (κ3) is 6.71. The Kier molecular flexibility index (Phi) is 9.00. The van der Waals surface area contributed by atoms with Crippen molar-refractivity contribution in [2.45, 2.75) is 59.3 Å². The van der Waals surface area contributed by atoms with E-state index in [2.05, 4.69) is 45.0 Å². The van der Waals surface area contributed by atoms with Crippen LogP contribution in [-0.4, -0.2) is 39.6 Å². The van der Waals surface area contributed by atoms with Crippen LogP contribution in [0.1, 0.15) is 62.8 Å². The SMILES string of the molecule is CC(C)(C)C1=NCCC(c2ccc3c(c2)n(C2CCOCC2)c(=O)n3-c2ccc(OCc3ccccc3)nc2OCc2ccccc2)=C1. The molecule has 0 unspecified atom stereocenters. The van der Waals surface area contributed by atoms with Gasteiger partial charge in [-0.15, -0.1) is 0 Å². The molecule has 8 nitrogen and oxygen atoms in total. The van der Waals surface area contributed by atoms with Crippen molar-refractivity contribution in [3.8, 4) is 17.4 Å². The summed E-state index contributed by atoms with van der Waals surface area (Å²) in [6.45, 7) is 9.27. The molecular weight excluding hydrogens is 600 g/mol. The smallest absolute Gasteiger partial charge is 0.334 e. The first kappa shape index (κ1) is 31.6. The highest BCUT2D eigenvalue weighted by Crippen LogP contribution is 2.34. The number of ether oxygens (including phenoxy) is 3. The minimum absolute atomic E-state index is 0.0207. The molecule has 3 aromatic carbocycles. The standard InChI is InChI=1S/C40H42N4O4/c1-40(2,3)36-25-31(18-21-41-36)30-14-15-33-35(24-30)43(32-19-22-46-23-20-32)39(45)44(33)34-16-17-37(47-26-28-10-6-4-7-11-28)42-38(34)48-27-29-12-8-5-9-13-29/h4-17,24-25,32H,18-23,26-27H2,1-3H3. The number of imidazole rings is 1. The molecule has 2 aliphatic rings. The number of pyridine rings is 1. The van der Waals surface area contributed by atoms with Crippen LogP contribution in [0, 0.1) is 5.41 Å². The third-order valence-corrected chi connectivity index (χ3v) is 9.05. The van der Waals surface area contributed by atoms with Crippen molar-refractivity contribution in [3.63, 3.8) is 0 Å². The number of hydrogen-bond donors (Lipinski definition) is 0. The Labute approximate surface area is 281 Å². The molecule has 0 amide bonds. The van der Waals surface area contributed by atoms with Gasteiger partial charge in [-0.3, -0.25) is 14.1 Å². The number of aliphatic imine (C=N–C) groups is 1. The monoisotopic (exact) mass is 642 g/mol. The molecule has 246 valence electrons. The molecule has 8 heteroatoms. The van der Waals surface area contributed by atoms with Gasteiger partial charge in [0.25, 0.3) is 0 Å². The molecule has 0 atom stereocenters. The van der Waals surface area contributed by atoms with E-state index < -0.39 is 0 Å². The van der Waals surface area contributed by atoms with E-state index in [9.17, 15) is 4.79 Å². The number of allylic oxidation sites excluding steroid dienone is 1. The number of fused-ring (bicyclic) bond motifs is 1. The lowest BCUT2D eigenvalue weighted by molar-refractivity contribution is 0.0697. The highest BCUT2D eigenvalue weighted by Gasteiger charge is 2.27. The first-order valence-corrected chi connectivity index (χ1v) is 16.8. The molecule has 1 fully saturated rings. The molecule has 0 N–H and O–H groups in total. The molecule has 48 heavy (non-hydrogen) atoms. The molecule has 0 radical (unpaired) electrons. The average Bonchev–Trinajstić information content (AvgIpc) is 3.41. The van der Waals surface area contributed by atoms with E-state index in [1.165, 1.54) is 5.57 Å². The minimum atomic E-state index is -0.118. The van der Waals surface area contributed by atoms with Gasteiger partial charge in [0.1, 0.15) is 18.9 Å². The summed E-state index contributed by atoms with van der Waals surface area (Å²) in [6, 6.07) is 30.0. The van der Waals surface area contributed by atoms with Gasteiger partial charge in [-0.25, -0.2) is 4.79 Å². The predicted octanol–water partition coefficient (Wildman–Crippen LogP) is 7.97. The number of hydrogen-bond acceptors (Lipinski definition) is 6. The fraction of sp³-hybridized carbons (Fsp3) is 0.325. The topological polar surface area (TPSA) is 79.9 Å². The molecule has 7 rings (SSSR count). The van der Waals surface area contributed by atoms with Crippen LogP contribution in [0.5, 0.6) is 11.8 Å². The summed E-state index contributed by atoms with van der Waals surface area (Å²) >= 11 is 0. The van der Waals surface area contributed by atoms with Crippen LogP contribution in [0.2, 0.25) is 0 Å². The zero-order valence-electron chi connectivity index (χ0n) is 27.9. The Hall–Kier alpha value is -4.95. The first-order chi connectivity index (χ1) is 23.3. The maximum atomic E-state index is 14.6. The highest BCUT2D eigenvalue weighted by molar-refractivity contribution is 6.05. The van der Waals surface area contributed by atoms with Crippen LogP contribution in [0.25, 0.3) is 22.3 Å². The van der Waals surface area contributed by atoms with Crippen molar-refractivity contribution in [2.24, 2.45) is 10.4 Å². The van der Waals surface area contributed by atoms with E-state index in [1.54, 1.807) is 4.57 Å². The van der Waals surface area contributed by atoms with Crippen molar-refractivity contribution < 1.29 is 14.2 Å². The molecule has 4 heterocycles. The van der Waals surface area contributed by atoms with Crippen molar-refractivity contribution in [3.05, 3.63) is 124 Å². The van der Waals surface area contributed by atoms with E-state index in [0.29, 0.717) is 43.9 Å². The maximum Gasteiger partial charge on any atom is 0.334 e. The molecule has 0 saturated carbocycles. The first-order valence-electron chi connectivity index (χ1n) is 16.8. The minimum Gasteiger partial charge on any atom is -0.473 e. The Morgan fingerprint density at radius 3 is 2.21 bits per heavy atom. The Morgan fingerprint density at radius 1 is 0.833 bits per heavy atom. The van der Waals surface area contributed by atoms with E-state index >= 15 is 0 Å². The molecule has 0 bridgehead atoms. The molecule has 1 saturated heterocycles. The summed E-state index contributed by atoms with van der Waals surface area (Å²) < 4.78 is 21.9. The number of rotatable bonds is 9. The van der Waals surface area contributed by atoms with Gasteiger partial charge in [-0.2, -0.15) is 4.98 Å². The van der Waals surface area contributed by atoms with Crippen molar-refractivity contribution in [1.82, 2.24) is 14.1 Å². The van der Waals surface area contributed by atoms with Gasteiger partial charge >= 0.3 is 5.69 Å². The van der Waals surface area contributed by atoms with Gasteiger partial charge < -0.3 is 14.2 Å². The lowest BCUT2D eigenvalue weighted by Crippen LogP contribution is -2.30. The second-order valence-electron chi connectivity index (χ2n) is 13.5. The van der Waals surface area contributed by atoms with Crippen molar-refractivity contribution in [1.29, 1.82) is 0 Å². The van der Waals surface area contributed by atoms with Crippen LogP contribution >= 0.6 is 0 Å². The van der Waals surface area contributed by atoms with E-state index in [0.717, 1.165) is 59.2 Å². The summed E-state index contributed by atoms with van der Waals surface area (Å²) in [4.78, 5) is 24.2. The molecule has 2 aromatic heterocycles. The van der Waals surface area contributed by atoms with Crippen LogP contribution in [0.15, 0.2) is 107 Å². The molecule has 0 spiro atoms. The van der Waals surface area contributed by atoms with Crippen molar-refractivity contribution in [2.75, 3.05) is 19.8 Å². The molecule has 2 aliphatic heterocycles. The normalized spacial score (nSPS) is 15.6. The van der Waals surface area contributed by atoms with E-state index in [4.69, 9.17) is 24.2 Å². The van der Waals surface area contributed by atoms with Crippen LogP contribution < -0.4 is 15.2 Å². The Balaban J connectivity index is 1.33. The third-order valence-electron chi connectivity index (χ3n) is 9.05. The van der Waals surface area contributed by atoms with Gasteiger partial charge in [0.2, 0.25) is 11.8 Å². The van der Waals surface area contributed by atoms with Crippen LogP contribution in [0.4, 0.5) is 0 Å². The number of dihydropyridines is 1. The summed E-state index contributed by atoms with van der Waals surface area (Å²) in [5.41, 5.74) is 7.61. The Morgan fingerprint density at radius 2 is 1.52 bits per heavy atom. The fourth-order valence-corrected chi connectivity index (χ4v) is 6.44. The highest BCUT2D eigenvalue weighted by atomic mass is 16.5. The summed E-state index contributed by atoms with van der Waals surface area (Å²) in [6.07, 6.45) is 4.63. The maximum absolute atomic E-state index is 14.6. The van der Waals surface area contributed by atoms with Crippen molar-refractivity contribution >= 4 is 22.3 Å². The van der Waals surface area contributed by atoms with E-state index in [-0.39, 0.29) is 17.1 Å². The average molecular weight is 643 g/mol. The zero-order chi connectivity index (χ0) is 33.1. The van der Waals surface area contributed by atoms with Gasteiger partial charge in [-0.05, 0) is 65.8 Å². The lowest BCUT2D eigenvalue weighted by atomic mass is 9.85. The fourth-order valence-electron chi connectivity index (χ4n) is 6.44. The van der Waals surface area contributed by atoms with Gasteiger partial charge in [0.15, 0.2) is 0 Å². The zero-order valence-corrected chi connectivity index (χ0v) is 27.9. The lowest BCUT2D eigenvalue weighted by Gasteiger charge is -2.24. The number of benzene rings is 3. The number of nitrogens with zero attached hydrogens (tertiary/aromatic N) is 4. The number of aromatic nitrogens is 3. The van der Waals surface area contributed by atoms with E-state index in [1.807, 2.05) is 77.4 Å². The quantitative estimate of drug-likeness (QED) is 0.163. The predicted molar refractivity (Wildman–Crippen MR) is 190 cm³/mol. The van der Waals surface area contributed by atoms with Gasteiger partial charge in [0, 0.05) is 43.0 Å². The second-order valence-corrected chi connectivity index (χ2v) is 13.5.